The first-order valence-electron chi connectivity index (χ1n) is 9.49. The normalized spacial score (nSPS) is 21.9. The number of aromatic nitrogens is 2. The lowest BCUT2D eigenvalue weighted by Crippen LogP contribution is -2.44. The van der Waals surface area contributed by atoms with Gasteiger partial charge < -0.3 is 19.2 Å². The van der Waals surface area contributed by atoms with Crippen LogP contribution in [0.15, 0.2) is 27.8 Å². The summed E-state index contributed by atoms with van der Waals surface area (Å²) in [5, 5.41) is 11.6. The fourth-order valence-electron chi connectivity index (χ4n) is 3.48. The largest absolute Gasteiger partial charge is 0.497 e. The maximum absolute atomic E-state index is 12.3. The summed E-state index contributed by atoms with van der Waals surface area (Å²) in [4.78, 5) is 12.3. The average molecular weight is 406 g/mol. The predicted octanol–water partition coefficient (Wildman–Crippen LogP) is 3.79. The first kappa shape index (κ1) is 20.5. The summed E-state index contributed by atoms with van der Waals surface area (Å²) < 4.78 is 16.2. The van der Waals surface area contributed by atoms with E-state index in [2.05, 4.69) is 29.4 Å². The van der Waals surface area contributed by atoms with Crippen LogP contribution in [-0.4, -0.2) is 42.1 Å². The molecule has 3 atom stereocenters. The standard InChI is InChI=1S/C20H27N3O4S/c1-12-6-5-7-17(13(12)2)21-18(24)11-28-20-23-22-19(27-20)14-8-15(25-3)10-16(9-14)26-4/h8-10,12-13,17H,5-7,11H2,1-4H3,(H,21,24)/t12-,13+,17-/m0/s1. The molecular weight excluding hydrogens is 378 g/mol. The van der Waals surface area contributed by atoms with E-state index >= 15 is 0 Å². The Labute approximate surface area is 169 Å². The van der Waals surface area contributed by atoms with Gasteiger partial charge in [-0.3, -0.25) is 4.79 Å². The third-order valence-corrected chi connectivity index (χ3v) is 6.20. The van der Waals surface area contributed by atoms with Gasteiger partial charge in [-0.1, -0.05) is 38.5 Å². The van der Waals surface area contributed by atoms with Crippen molar-refractivity contribution in [3.8, 4) is 23.0 Å². The summed E-state index contributed by atoms with van der Waals surface area (Å²) in [6, 6.07) is 5.61. The molecule has 1 heterocycles. The van der Waals surface area contributed by atoms with Gasteiger partial charge in [0.05, 0.1) is 20.0 Å². The van der Waals surface area contributed by atoms with Gasteiger partial charge in [0.15, 0.2) is 0 Å². The van der Waals surface area contributed by atoms with Crippen LogP contribution in [0, 0.1) is 11.8 Å². The molecule has 0 bridgehead atoms. The maximum Gasteiger partial charge on any atom is 0.277 e. The topological polar surface area (TPSA) is 86.5 Å². The van der Waals surface area contributed by atoms with Gasteiger partial charge in [0.2, 0.25) is 11.8 Å². The molecule has 1 aromatic heterocycles. The highest BCUT2D eigenvalue weighted by molar-refractivity contribution is 7.99. The van der Waals surface area contributed by atoms with E-state index < -0.39 is 0 Å². The quantitative estimate of drug-likeness (QED) is 0.701. The van der Waals surface area contributed by atoms with Crippen molar-refractivity contribution in [3.05, 3.63) is 18.2 Å². The van der Waals surface area contributed by atoms with Gasteiger partial charge in [0.1, 0.15) is 11.5 Å². The minimum atomic E-state index is -0.00116. The number of hydrogen-bond donors (Lipinski definition) is 1. The molecule has 0 unspecified atom stereocenters. The van der Waals surface area contributed by atoms with Crippen molar-refractivity contribution in [1.82, 2.24) is 15.5 Å². The number of rotatable bonds is 7. The second-order valence-corrected chi connectivity index (χ2v) is 8.13. The third kappa shape index (κ3) is 4.98. The highest BCUT2D eigenvalue weighted by Crippen LogP contribution is 2.31. The number of amides is 1. The lowest BCUT2D eigenvalue weighted by Gasteiger charge is -2.34. The van der Waals surface area contributed by atoms with Crippen molar-refractivity contribution in [3.63, 3.8) is 0 Å². The van der Waals surface area contributed by atoms with Crippen molar-refractivity contribution in [1.29, 1.82) is 0 Å². The molecule has 0 saturated heterocycles. The van der Waals surface area contributed by atoms with Crippen molar-refractivity contribution >= 4 is 17.7 Å². The molecule has 1 amide bonds. The van der Waals surface area contributed by atoms with Crippen LogP contribution in [0.1, 0.15) is 33.1 Å². The first-order valence-corrected chi connectivity index (χ1v) is 10.5. The Bertz CT molecular complexity index is 788. The molecule has 3 rings (SSSR count). The van der Waals surface area contributed by atoms with E-state index in [0.717, 1.165) is 6.42 Å². The highest BCUT2D eigenvalue weighted by Gasteiger charge is 2.28. The minimum absolute atomic E-state index is 0.00116. The lowest BCUT2D eigenvalue weighted by atomic mass is 9.78. The van der Waals surface area contributed by atoms with E-state index in [1.165, 1.54) is 24.6 Å². The van der Waals surface area contributed by atoms with Crippen molar-refractivity contribution < 1.29 is 18.7 Å². The van der Waals surface area contributed by atoms with E-state index in [9.17, 15) is 4.79 Å². The Kier molecular flexibility index (Phi) is 6.83. The zero-order valence-electron chi connectivity index (χ0n) is 16.7. The number of carbonyl (C=O) groups excluding carboxylic acids is 1. The summed E-state index contributed by atoms with van der Waals surface area (Å²) in [5.41, 5.74) is 0.699. The molecule has 1 aliphatic rings. The van der Waals surface area contributed by atoms with Crippen molar-refractivity contribution in [2.75, 3.05) is 20.0 Å². The Hall–Kier alpha value is -2.22. The molecule has 0 spiro atoms. The molecule has 1 saturated carbocycles. The van der Waals surface area contributed by atoms with Gasteiger partial charge in [-0.2, -0.15) is 0 Å². The van der Waals surface area contributed by atoms with Gasteiger partial charge >= 0.3 is 0 Å². The van der Waals surface area contributed by atoms with E-state index in [1.807, 2.05) is 0 Å². The van der Waals surface area contributed by atoms with E-state index in [-0.39, 0.29) is 17.7 Å². The molecule has 1 fully saturated rings. The number of methoxy groups -OCH3 is 2. The predicted molar refractivity (Wildman–Crippen MR) is 108 cm³/mol. The SMILES string of the molecule is COc1cc(OC)cc(-c2nnc(SCC(=O)N[C@H]3CCC[C@H](C)[C@H]3C)o2)c1. The van der Waals surface area contributed by atoms with Crippen molar-refractivity contribution in [2.45, 2.75) is 44.4 Å². The van der Waals surface area contributed by atoms with E-state index in [1.54, 1.807) is 32.4 Å². The van der Waals surface area contributed by atoms with E-state index in [4.69, 9.17) is 13.9 Å². The second-order valence-electron chi connectivity index (χ2n) is 7.20. The summed E-state index contributed by atoms with van der Waals surface area (Å²) in [6.45, 7) is 4.47. The van der Waals surface area contributed by atoms with Gasteiger partial charge in [-0.15, -0.1) is 10.2 Å². The van der Waals surface area contributed by atoms with Crippen molar-refractivity contribution in [2.24, 2.45) is 11.8 Å². The van der Waals surface area contributed by atoms with Crippen LogP contribution < -0.4 is 14.8 Å². The summed E-state index contributed by atoms with van der Waals surface area (Å²) >= 11 is 1.24. The van der Waals surface area contributed by atoms with Crippen LogP contribution in [0.25, 0.3) is 11.5 Å². The highest BCUT2D eigenvalue weighted by atomic mass is 32.2. The number of carbonyl (C=O) groups is 1. The van der Waals surface area contributed by atoms with Gasteiger partial charge in [0, 0.05) is 17.7 Å². The number of hydrogen-bond acceptors (Lipinski definition) is 7. The van der Waals surface area contributed by atoms with Crippen LogP contribution in [0.2, 0.25) is 0 Å². The zero-order valence-corrected chi connectivity index (χ0v) is 17.5. The van der Waals surface area contributed by atoms with Crippen LogP contribution >= 0.6 is 11.8 Å². The zero-order chi connectivity index (χ0) is 20.1. The molecule has 28 heavy (non-hydrogen) atoms. The monoisotopic (exact) mass is 405 g/mol. The van der Waals surface area contributed by atoms with Crippen LogP contribution in [0.3, 0.4) is 0 Å². The van der Waals surface area contributed by atoms with Gasteiger partial charge in [-0.05, 0) is 30.4 Å². The van der Waals surface area contributed by atoms with Gasteiger partial charge in [-0.25, -0.2) is 0 Å². The molecule has 1 N–H and O–H groups in total. The lowest BCUT2D eigenvalue weighted by molar-refractivity contribution is -0.120. The number of nitrogens with zero attached hydrogens (tertiary/aromatic N) is 2. The molecule has 0 aliphatic heterocycles. The number of nitrogens with one attached hydrogen (secondary N) is 1. The smallest absolute Gasteiger partial charge is 0.277 e. The molecule has 8 heteroatoms. The molecule has 7 nitrogen and oxygen atoms in total. The Morgan fingerprint density at radius 1 is 1.18 bits per heavy atom. The van der Waals surface area contributed by atoms with Crippen LogP contribution in [0.4, 0.5) is 0 Å². The molecule has 152 valence electrons. The minimum Gasteiger partial charge on any atom is -0.497 e. The second kappa shape index (κ2) is 9.32. The molecule has 1 aliphatic carbocycles. The van der Waals surface area contributed by atoms with Gasteiger partial charge in [0.25, 0.3) is 5.22 Å². The maximum atomic E-state index is 12.3. The molecule has 0 radical (unpaired) electrons. The Morgan fingerprint density at radius 3 is 2.57 bits per heavy atom. The third-order valence-electron chi connectivity index (χ3n) is 5.38. The van der Waals surface area contributed by atoms with E-state index in [0.29, 0.717) is 40.0 Å². The fraction of sp³-hybridized carbons (Fsp3) is 0.550. The summed E-state index contributed by atoms with van der Waals surface area (Å²) in [7, 11) is 3.17. The number of benzene rings is 1. The summed E-state index contributed by atoms with van der Waals surface area (Å²) in [5.74, 6) is 3.02. The first-order chi connectivity index (χ1) is 13.5. The number of ether oxygens (including phenoxy) is 2. The summed E-state index contributed by atoms with van der Waals surface area (Å²) in [6.07, 6.45) is 3.45. The molecular formula is C20H27N3O4S. The van der Waals surface area contributed by atoms with Crippen LogP contribution in [-0.2, 0) is 4.79 Å². The molecule has 2 aromatic rings. The Balaban J connectivity index is 1.58. The number of thioether (sulfide) groups is 1. The molecule has 1 aromatic carbocycles. The van der Waals surface area contributed by atoms with Crippen LogP contribution in [0.5, 0.6) is 11.5 Å². The average Bonchev–Trinajstić information content (AvgIpc) is 3.18. The fourth-order valence-corrected chi connectivity index (χ4v) is 4.05. The Morgan fingerprint density at radius 2 is 1.89 bits per heavy atom.